The molecule has 1 saturated heterocycles. The summed E-state index contributed by atoms with van der Waals surface area (Å²) in [5, 5.41) is 0. The average molecular weight is 348 g/mol. The van der Waals surface area contributed by atoms with Crippen LogP contribution in [0.15, 0.2) is 24.3 Å². The fourth-order valence-electron chi connectivity index (χ4n) is 2.64. The molecule has 0 unspecified atom stereocenters. The minimum Gasteiger partial charge on any atom is -0.494 e. The summed E-state index contributed by atoms with van der Waals surface area (Å²) in [6, 6.07) is 6.58. The Morgan fingerprint density at radius 1 is 1.24 bits per heavy atom. The predicted molar refractivity (Wildman–Crippen MR) is 91.0 cm³/mol. The molecule has 0 aliphatic carbocycles. The normalized spacial score (nSPS) is 17.0. The van der Waals surface area contributed by atoms with Crippen LogP contribution >= 0.6 is 0 Å². The van der Waals surface area contributed by atoms with Gasteiger partial charge >= 0.3 is 5.97 Å². The molecule has 1 aromatic carbocycles. The van der Waals surface area contributed by atoms with Crippen molar-refractivity contribution < 1.29 is 23.9 Å². The van der Waals surface area contributed by atoms with Gasteiger partial charge < -0.3 is 20.1 Å². The van der Waals surface area contributed by atoms with Gasteiger partial charge in [-0.15, -0.1) is 0 Å². The zero-order valence-corrected chi connectivity index (χ0v) is 14.4. The van der Waals surface area contributed by atoms with Crippen LogP contribution in [0.5, 0.6) is 5.75 Å². The Bertz CT molecular complexity index is 614. The fourth-order valence-corrected chi connectivity index (χ4v) is 2.64. The first-order chi connectivity index (χ1) is 12.0. The molecule has 1 fully saturated rings. The number of benzene rings is 1. The van der Waals surface area contributed by atoms with E-state index in [1.165, 1.54) is 4.90 Å². The number of hydrogen-bond donors (Lipinski definition) is 1. The van der Waals surface area contributed by atoms with E-state index >= 15 is 0 Å². The van der Waals surface area contributed by atoms with Crippen LogP contribution in [-0.2, 0) is 14.3 Å². The summed E-state index contributed by atoms with van der Waals surface area (Å²) in [5.41, 5.74) is 5.65. The van der Waals surface area contributed by atoms with E-state index in [0.29, 0.717) is 37.3 Å². The van der Waals surface area contributed by atoms with Gasteiger partial charge in [0, 0.05) is 13.1 Å². The molecule has 1 aliphatic rings. The van der Waals surface area contributed by atoms with Gasteiger partial charge in [0.2, 0.25) is 5.91 Å². The van der Waals surface area contributed by atoms with Gasteiger partial charge in [-0.25, -0.2) is 4.79 Å². The number of nitrogens with two attached hydrogens (primary N) is 1. The molecule has 0 bridgehead atoms. The lowest BCUT2D eigenvalue weighted by molar-refractivity contribution is -0.137. The highest BCUT2D eigenvalue weighted by Gasteiger charge is 2.27. The summed E-state index contributed by atoms with van der Waals surface area (Å²) in [6.45, 7) is 3.11. The van der Waals surface area contributed by atoms with Crippen LogP contribution in [0.25, 0.3) is 0 Å². The summed E-state index contributed by atoms with van der Waals surface area (Å²) in [4.78, 5) is 37.0. The first-order valence-corrected chi connectivity index (χ1v) is 8.48. The van der Waals surface area contributed by atoms with E-state index in [1.54, 1.807) is 24.3 Å². The van der Waals surface area contributed by atoms with Crippen molar-refractivity contribution >= 4 is 17.8 Å². The van der Waals surface area contributed by atoms with Crippen LogP contribution in [0, 0.1) is 5.92 Å². The van der Waals surface area contributed by atoms with Gasteiger partial charge in [0.05, 0.1) is 18.1 Å². The molecule has 1 aliphatic heterocycles. The van der Waals surface area contributed by atoms with Crippen molar-refractivity contribution in [2.24, 2.45) is 11.7 Å². The SMILES string of the molecule is CCCOc1ccc(C(=O)OCC(=O)N2CCC[C@H](C(N)=O)C2)cc1. The number of piperidine rings is 1. The van der Waals surface area contributed by atoms with E-state index in [0.717, 1.165) is 6.42 Å². The van der Waals surface area contributed by atoms with Gasteiger partial charge in [0.1, 0.15) is 5.75 Å². The lowest BCUT2D eigenvalue weighted by atomic mass is 9.97. The van der Waals surface area contributed by atoms with Crippen molar-refractivity contribution in [3.05, 3.63) is 29.8 Å². The molecule has 1 atom stereocenters. The zero-order chi connectivity index (χ0) is 18.2. The second-order valence-corrected chi connectivity index (χ2v) is 6.03. The van der Waals surface area contributed by atoms with Crippen molar-refractivity contribution in [2.75, 3.05) is 26.3 Å². The molecule has 0 aromatic heterocycles. The fraction of sp³-hybridized carbons (Fsp3) is 0.500. The molecule has 7 nitrogen and oxygen atoms in total. The minimum atomic E-state index is -0.571. The molecule has 2 rings (SSSR count). The van der Waals surface area contributed by atoms with E-state index in [2.05, 4.69) is 0 Å². The lowest BCUT2D eigenvalue weighted by Gasteiger charge is -2.31. The second-order valence-electron chi connectivity index (χ2n) is 6.03. The minimum absolute atomic E-state index is 0.287. The van der Waals surface area contributed by atoms with Crippen LogP contribution in [-0.4, -0.2) is 49.0 Å². The second kappa shape index (κ2) is 9.05. The van der Waals surface area contributed by atoms with Gasteiger partial charge in [-0.2, -0.15) is 0 Å². The van der Waals surface area contributed by atoms with Gasteiger partial charge in [0.25, 0.3) is 5.91 Å². The van der Waals surface area contributed by atoms with E-state index < -0.39 is 11.9 Å². The number of rotatable bonds is 7. The number of carbonyl (C=O) groups excluding carboxylic acids is 3. The number of amides is 2. The van der Waals surface area contributed by atoms with Gasteiger partial charge in [0.15, 0.2) is 6.61 Å². The predicted octanol–water partition coefficient (Wildman–Crippen LogP) is 1.36. The Morgan fingerprint density at radius 2 is 1.96 bits per heavy atom. The number of primary amides is 1. The number of hydrogen-bond acceptors (Lipinski definition) is 5. The molecule has 0 radical (unpaired) electrons. The Hall–Kier alpha value is -2.57. The van der Waals surface area contributed by atoms with E-state index in [9.17, 15) is 14.4 Å². The monoisotopic (exact) mass is 348 g/mol. The summed E-state index contributed by atoms with van der Waals surface area (Å²) in [7, 11) is 0. The van der Waals surface area contributed by atoms with Gasteiger partial charge in [-0.1, -0.05) is 6.92 Å². The zero-order valence-electron chi connectivity index (χ0n) is 14.4. The highest BCUT2D eigenvalue weighted by atomic mass is 16.5. The van der Waals surface area contributed by atoms with Crippen molar-refractivity contribution in [3.8, 4) is 5.75 Å². The Balaban J connectivity index is 1.82. The largest absolute Gasteiger partial charge is 0.494 e. The summed E-state index contributed by atoms with van der Waals surface area (Å²) < 4.78 is 10.5. The highest BCUT2D eigenvalue weighted by molar-refractivity contribution is 5.91. The molecule has 1 heterocycles. The van der Waals surface area contributed by atoms with Crippen molar-refractivity contribution in [3.63, 3.8) is 0 Å². The van der Waals surface area contributed by atoms with E-state index in [4.69, 9.17) is 15.2 Å². The average Bonchev–Trinajstić information content (AvgIpc) is 2.64. The third-order valence-corrected chi connectivity index (χ3v) is 4.07. The third kappa shape index (κ3) is 5.48. The number of carbonyl (C=O) groups is 3. The molecule has 7 heteroatoms. The van der Waals surface area contributed by atoms with Crippen LogP contribution in [0.4, 0.5) is 0 Å². The molecule has 2 amide bonds. The Kier molecular flexibility index (Phi) is 6.80. The Morgan fingerprint density at radius 3 is 2.60 bits per heavy atom. The molecular formula is C18H24N2O5. The van der Waals surface area contributed by atoms with Crippen molar-refractivity contribution in [2.45, 2.75) is 26.2 Å². The quantitative estimate of drug-likeness (QED) is 0.750. The number of nitrogens with zero attached hydrogens (tertiary/aromatic N) is 1. The molecule has 1 aromatic rings. The molecule has 136 valence electrons. The van der Waals surface area contributed by atoms with Gasteiger partial charge in [-0.3, -0.25) is 9.59 Å². The maximum atomic E-state index is 12.2. The molecular weight excluding hydrogens is 324 g/mol. The highest BCUT2D eigenvalue weighted by Crippen LogP contribution is 2.17. The maximum Gasteiger partial charge on any atom is 0.338 e. The van der Waals surface area contributed by atoms with Crippen LogP contribution in [0.1, 0.15) is 36.5 Å². The van der Waals surface area contributed by atoms with Crippen LogP contribution < -0.4 is 10.5 Å². The lowest BCUT2D eigenvalue weighted by Crippen LogP contribution is -2.45. The van der Waals surface area contributed by atoms with Crippen LogP contribution in [0.2, 0.25) is 0 Å². The summed E-state index contributed by atoms with van der Waals surface area (Å²) in [5.74, 6) is -0.940. The van der Waals surface area contributed by atoms with E-state index in [1.807, 2.05) is 6.92 Å². The van der Waals surface area contributed by atoms with Crippen molar-refractivity contribution in [1.29, 1.82) is 0 Å². The van der Waals surface area contributed by atoms with Gasteiger partial charge in [-0.05, 0) is 43.5 Å². The van der Waals surface area contributed by atoms with Crippen LogP contribution in [0.3, 0.4) is 0 Å². The molecule has 0 saturated carbocycles. The first-order valence-electron chi connectivity index (χ1n) is 8.48. The summed E-state index contributed by atoms with van der Waals surface area (Å²) >= 11 is 0. The summed E-state index contributed by atoms with van der Waals surface area (Å²) in [6.07, 6.45) is 2.30. The topological polar surface area (TPSA) is 98.9 Å². The third-order valence-electron chi connectivity index (χ3n) is 4.07. The standard InChI is InChI=1S/C18H24N2O5/c1-2-10-24-15-7-5-13(6-8-15)18(23)25-12-16(21)20-9-3-4-14(11-20)17(19)22/h5-8,14H,2-4,9-12H2,1H3,(H2,19,22)/t14-/m0/s1. The first kappa shape index (κ1) is 18.8. The number of likely N-dealkylation sites (tertiary alicyclic amines) is 1. The Labute approximate surface area is 147 Å². The number of esters is 1. The molecule has 0 spiro atoms. The maximum absolute atomic E-state index is 12.2. The van der Waals surface area contributed by atoms with E-state index in [-0.39, 0.29) is 25.0 Å². The van der Waals surface area contributed by atoms with Crippen molar-refractivity contribution in [1.82, 2.24) is 4.90 Å². The molecule has 2 N–H and O–H groups in total. The molecule has 25 heavy (non-hydrogen) atoms. The smallest absolute Gasteiger partial charge is 0.338 e. The number of ether oxygens (including phenoxy) is 2.